The molecule has 3 heteroatoms. The molecular formula is C8H19IN2. The highest BCUT2D eigenvalue weighted by molar-refractivity contribution is 4.58. The van der Waals surface area contributed by atoms with E-state index in [-0.39, 0.29) is 24.0 Å². The van der Waals surface area contributed by atoms with Gasteiger partial charge in [0.05, 0.1) is 20.6 Å². The van der Waals surface area contributed by atoms with E-state index < -0.39 is 0 Å². The highest BCUT2D eigenvalue weighted by Gasteiger charge is 2.29. The summed E-state index contributed by atoms with van der Waals surface area (Å²) in [5.41, 5.74) is 0. The van der Waals surface area contributed by atoms with E-state index in [1.54, 1.807) is 0 Å². The molecule has 68 valence electrons. The maximum Gasteiger partial charge on any atom is 0.0962 e. The molecule has 0 aliphatic carbocycles. The minimum Gasteiger partial charge on any atom is -1.00 e. The number of hydrogen-bond acceptors (Lipinski definition) is 1. The van der Waals surface area contributed by atoms with Crippen LogP contribution in [0.1, 0.15) is 13.3 Å². The van der Waals surface area contributed by atoms with Crippen LogP contribution >= 0.6 is 0 Å². The first-order valence-corrected chi connectivity index (χ1v) is 4.07. The van der Waals surface area contributed by atoms with Crippen LogP contribution in [0.5, 0.6) is 0 Å². The van der Waals surface area contributed by atoms with Crippen molar-refractivity contribution in [2.24, 2.45) is 5.92 Å². The van der Waals surface area contributed by atoms with Gasteiger partial charge in [0, 0.05) is 20.0 Å². The topological polar surface area (TPSA) is 3.24 Å². The van der Waals surface area contributed by atoms with Gasteiger partial charge < -0.3 is 24.0 Å². The van der Waals surface area contributed by atoms with Crippen molar-refractivity contribution >= 4 is 0 Å². The van der Waals surface area contributed by atoms with Gasteiger partial charge in [0.1, 0.15) is 0 Å². The second-order valence-electron chi connectivity index (χ2n) is 4.08. The van der Waals surface area contributed by atoms with Gasteiger partial charge in [-0.05, 0) is 5.92 Å². The Morgan fingerprint density at radius 2 is 1.91 bits per heavy atom. The van der Waals surface area contributed by atoms with E-state index in [4.69, 9.17) is 0 Å². The zero-order valence-corrected chi connectivity index (χ0v) is 10.1. The zero-order valence-electron chi connectivity index (χ0n) is 7.97. The summed E-state index contributed by atoms with van der Waals surface area (Å²) in [5.74, 6) is 0.885. The molecule has 1 heterocycles. The van der Waals surface area contributed by atoms with Crippen molar-refractivity contribution in [3.8, 4) is 0 Å². The van der Waals surface area contributed by atoms with Crippen LogP contribution in [-0.2, 0) is 0 Å². The van der Waals surface area contributed by atoms with Gasteiger partial charge in [-0.3, -0.25) is 0 Å². The summed E-state index contributed by atoms with van der Waals surface area (Å²) in [6.45, 7) is 4.86. The molecule has 1 rings (SSSR count). The average molecular weight is 270 g/mol. The van der Waals surface area contributed by atoms with Crippen molar-refractivity contribution < 1.29 is 28.6 Å². The monoisotopic (exact) mass is 270 g/mol. The third-order valence-corrected chi connectivity index (χ3v) is 2.67. The molecule has 1 unspecified atom stereocenters. The molecule has 2 nitrogen and oxygen atoms in total. The largest absolute Gasteiger partial charge is 1.00 e. The summed E-state index contributed by atoms with van der Waals surface area (Å²) < 4.78 is 1.06. The SMILES string of the molecule is CC1CC[N+](C)(C)N(C)C1.[I-]. The number of hydrogen-bond donors (Lipinski definition) is 0. The second-order valence-corrected chi connectivity index (χ2v) is 4.08. The van der Waals surface area contributed by atoms with Crippen molar-refractivity contribution in [2.45, 2.75) is 13.3 Å². The molecule has 0 aromatic rings. The number of rotatable bonds is 0. The van der Waals surface area contributed by atoms with Crippen molar-refractivity contribution in [3.63, 3.8) is 0 Å². The smallest absolute Gasteiger partial charge is 0.0962 e. The van der Waals surface area contributed by atoms with Gasteiger partial charge in [0.25, 0.3) is 0 Å². The summed E-state index contributed by atoms with van der Waals surface area (Å²) in [5, 5.41) is 2.41. The summed E-state index contributed by atoms with van der Waals surface area (Å²) in [7, 11) is 6.74. The first kappa shape index (κ1) is 11.6. The molecule has 11 heavy (non-hydrogen) atoms. The quantitative estimate of drug-likeness (QED) is 0.362. The zero-order chi connectivity index (χ0) is 7.78. The van der Waals surface area contributed by atoms with E-state index in [1.807, 2.05) is 0 Å². The Labute approximate surface area is 87.1 Å². The number of quaternary nitrogens is 1. The number of halogens is 1. The third kappa shape index (κ3) is 2.87. The lowest BCUT2D eigenvalue weighted by Gasteiger charge is -2.43. The van der Waals surface area contributed by atoms with Crippen molar-refractivity contribution in [2.75, 3.05) is 34.2 Å². The first-order valence-electron chi connectivity index (χ1n) is 4.07. The standard InChI is InChI=1S/C8H19N2.HI/c1-8-5-6-10(3,4)9(2)7-8;/h8H,5-7H2,1-4H3;1H/q+1;/p-1. The predicted molar refractivity (Wildman–Crippen MR) is 43.4 cm³/mol. The summed E-state index contributed by atoms with van der Waals surface area (Å²) in [6.07, 6.45) is 1.37. The molecule has 1 atom stereocenters. The number of nitrogens with zero attached hydrogens (tertiary/aromatic N) is 2. The third-order valence-electron chi connectivity index (χ3n) is 2.67. The van der Waals surface area contributed by atoms with Gasteiger partial charge >= 0.3 is 0 Å². The first-order chi connectivity index (χ1) is 4.52. The van der Waals surface area contributed by atoms with Gasteiger partial charge in [-0.2, -0.15) is 5.01 Å². The summed E-state index contributed by atoms with van der Waals surface area (Å²) in [4.78, 5) is 0. The van der Waals surface area contributed by atoms with Crippen LogP contribution in [0.4, 0.5) is 0 Å². The van der Waals surface area contributed by atoms with Gasteiger partial charge in [-0.1, -0.05) is 6.92 Å². The maximum atomic E-state index is 2.41. The van der Waals surface area contributed by atoms with Crippen LogP contribution in [-0.4, -0.2) is 43.8 Å². The van der Waals surface area contributed by atoms with Gasteiger partial charge in [0.2, 0.25) is 0 Å². The van der Waals surface area contributed by atoms with E-state index in [2.05, 4.69) is 33.1 Å². The lowest BCUT2D eigenvalue weighted by atomic mass is 10.1. The van der Waals surface area contributed by atoms with Crippen LogP contribution in [0.25, 0.3) is 0 Å². The van der Waals surface area contributed by atoms with Crippen LogP contribution in [0.15, 0.2) is 0 Å². The highest BCUT2D eigenvalue weighted by atomic mass is 127. The fourth-order valence-electron chi connectivity index (χ4n) is 1.47. The lowest BCUT2D eigenvalue weighted by molar-refractivity contribution is -1.01. The molecule has 1 aliphatic heterocycles. The van der Waals surface area contributed by atoms with Crippen LogP contribution in [0, 0.1) is 5.92 Å². The molecule has 0 radical (unpaired) electrons. The van der Waals surface area contributed by atoms with Crippen LogP contribution < -0.4 is 24.0 Å². The van der Waals surface area contributed by atoms with Crippen molar-refractivity contribution in [3.05, 3.63) is 0 Å². The predicted octanol–water partition coefficient (Wildman–Crippen LogP) is -2.05. The van der Waals surface area contributed by atoms with E-state index in [0.717, 1.165) is 10.5 Å². The Morgan fingerprint density at radius 3 is 2.27 bits per heavy atom. The molecule has 1 fully saturated rings. The van der Waals surface area contributed by atoms with E-state index in [1.165, 1.54) is 19.5 Å². The molecule has 0 aromatic heterocycles. The molecule has 1 aliphatic rings. The Morgan fingerprint density at radius 1 is 1.36 bits per heavy atom. The Kier molecular flexibility index (Phi) is 4.29. The lowest BCUT2D eigenvalue weighted by Crippen LogP contribution is -3.00. The molecule has 0 bridgehead atoms. The molecule has 1 saturated heterocycles. The van der Waals surface area contributed by atoms with Gasteiger partial charge in [0.15, 0.2) is 0 Å². The van der Waals surface area contributed by atoms with Crippen molar-refractivity contribution in [1.29, 1.82) is 0 Å². The molecule has 0 aromatic carbocycles. The molecular weight excluding hydrogens is 251 g/mol. The Bertz CT molecular complexity index is 125. The second kappa shape index (κ2) is 4.05. The Balaban J connectivity index is 0.000001000. The van der Waals surface area contributed by atoms with Crippen molar-refractivity contribution in [1.82, 2.24) is 5.01 Å². The summed E-state index contributed by atoms with van der Waals surface area (Å²) >= 11 is 0. The molecule has 0 saturated carbocycles. The van der Waals surface area contributed by atoms with Gasteiger partial charge in [-0.25, -0.2) is 4.59 Å². The maximum absolute atomic E-state index is 2.41. The average Bonchev–Trinajstić information content (AvgIpc) is 1.81. The van der Waals surface area contributed by atoms with Gasteiger partial charge in [-0.15, -0.1) is 0 Å². The van der Waals surface area contributed by atoms with E-state index in [0.29, 0.717) is 0 Å². The fraction of sp³-hybridized carbons (Fsp3) is 1.00. The normalized spacial score (nSPS) is 31.1. The minimum absolute atomic E-state index is 0. The molecule has 0 amide bonds. The summed E-state index contributed by atoms with van der Waals surface area (Å²) in [6, 6.07) is 0. The molecule has 0 N–H and O–H groups in total. The van der Waals surface area contributed by atoms with E-state index >= 15 is 0 Å². The Hall–Kier alpha value is 0.650. The fourth-order valence-corrected chi connectivity index (χ4v) is 1.47. The van der Waals surface area contributed by atoms with Crippen LogP contribution in [0.2, 0.25) is 0 Å². The minimum atomic E-state index is 0. The highest BCUT2D eigenvalue weighted by Crippen LogP contribution is 2.17. The van der Waals surface area contributed by atoms with E-state index in [9.17, 15) is 0 Å². The van der Waals surface area contributed by atoms with Crippen LogP contribution in [0.3, 0.4) is 0 Å². The molecule has 0 spiro atoms.